The molecule has 0 aromatic rings. The molecule has 6 nitrogen and oxygen atoms in total. The molecule has 0 saturated carbocycles. The summed E-state index contributed by atoms with van der Waals surface area (Å²) in [7, 11) is -3.41. The van der Waals surface area contributed by atoms with Crippen molar-refractivity contribution in [3.63, 3.8) is 0 Å². The van der Waals surface area contributed by atoms with E-state index in [-0.39, 0.29) is 18.6 Å². The number of amides is 1. The van der Waals surface area contributed by atoms with Crippen molar-refractivity contribution < 1.29 is 22.1 Å². The van der Waals surface area contributed by atoms with E-state index in [9.17, 15) is 13.2 Å². The Morgan fingerprint density at radius 1 is 1.44 bits per heavy atom. The third-order valence-electron chi connectivity index (χ3n) is 2.72. The van der Waals surface area contributed by atoms with Crippen molar-refractivity contribution >= 4 is 16.2 Å². The summed E-state index contributed by atoms with van der Waals surface area (Å²) < 4.78 is 31.6. The fourth-order valence-electron chi connectivity index (χ4n) is 1.87. The average molecular weight is 279 g/mol. The number of rotatable bonds is 5. The zero-order valence-corrected chi connectivity index (χ0v) is 11.7. The van der Waals surface area contributed by atoms with Crippen LogP contribution in [0.4, 0.5) is 4.79 Å². The molecule has 0 aliphatic carbocycles. The highest BCUT2D eigenvalue weighted by atomic mass is 32.2. The lowest BCUT2D eigenvalue weighted by molar-refractivity contribution is 0.0765. The van der Waals surface area contributed by atoms with Gasteiger partial charge in [-0.05, 0) is 19.3 Å². The lowest BCUT2D eigenvalue weighted by atomic mass is 10.00. The van der Waals surface area contributed by atoms with Crippen LogP contribution in [0.25, 0.3) is 0 Å². The van der Waals surface area contributed by atoms with Crippen LogP contribution in [-0.2, 0) is 19.0 Å². The normalized spacial score (nSPS) is 20.8. The maximum Gasteiger partial charge on any atom is 0.409 e. The first-order valence-electron chi connectivity index (χ1n) is 6.18. The Bertz CT molecular complexity index is 368. The molecule has 0 spiro atoms. The number of carbonyl (C=O) groups is 1. The molecule has 0 radical (unpaired) electrons. The number of likely N-dealkylation sites (tertiary alicyclic amines) is 1. The second kappa shape index (κ2) is 6.94. The molecule has 1 saturated heterocycles. The van der Waals surface area contributed by atoms with E-state index in [0.29, 0.717) is 19.7 Å². The first kappa shape index (κ1) is 15.2. The predicted molar refractivity (Wildman–Crippen MR) is 66.7 cm³/mol. The largest absolute Gasteiger partial charge is 0.449 e. The number of piperidine rings is 1. The van der Waals surface area contributed by atoms with Crippen LogP contribution in [0.3, 0.4) is 0 Å². The van der Waals surface area contributed by atoms with Gasteiger partial charge in [0.2, 0.25) is 0 Å². The van der Waals surface area contributed by atoms with Crippen LogP contribution in [-0.4, -0.2) is 52.0 Å². The Labute approximate surface area is 108 Å². The first-order valence-corrected chi connectivity index (χ1v) is 8.00. The minimum absolute atomic E-state index is 0.0580. The molecule has 106 valence electrons. The molecular weight excluding hydrogens is 258 g/mol. The van der Waals surface area contributed by atoms with Crippen LogP contribution in [0.15, 0.2) is 0 Å². The van der Waals surface area contributed by atoms with Crippen LogP contribution in [0.1, 0.15) is 26.2 Å². The highest BCUT2D eigenvalue weighted by Gasteiger charge is 2.25. The number of carbonyl (C=O) groups excluding carboxylic acids is 1. The third kappa shape index (κ3) is 5.68. The van der Waals surface area contributed by atoms with Gasteiger partial charge in [0.05, 0.1) is 19.5 Å². The maximum atomic E-state index is 11.6. The zero-order chi connectivity index (χ0) is 13.6. The lowest BCUT2D eigenvalue weighted by Gasteiger charge is -2.31. The van der Waals surface area contributed by atoms with Crippen LogP contribution in [0.2, 0.25) is 0 Å². The lowest BCUT2D eigenvalue weighted by Crippen LogP contribution is -2.41. The SMILES string of the molecule is CCCOC(=O)N1CCCC(COS(C)(=O)=O)C1. The van der Waals surface area contributed by atoms with Crippen molar-refractivity contribution in [2.24, 2.45) is 5.92 Å². The van der Waals surface area contributed by atoms with E-state index >= 15 is 0 Å². The van der Waals surface area contributed by atoms with E-state index in [1.165, 1.54) is 0 Å². The third-order valence-corrected chi connectivity index (χ3v) is 3.29. The molecule has 1 amide bonds. The quantitative estimate of drug-likeness (QED) is 0.707. The highest BCUT2D eigenvalue weighted by molar-refractivity contribution is 7.85. The molecule has 1 aliphatic heterocycles. The number of hydrogen-bond acceptors (Lipinski definition) is 5. The van der Waals surface area contributed by atoms with E-state index in [2.05, 4.69) is 0 Å². The van der Waals surface area contributed by atoms with Crippen LogP contribution >= 0.6 is 0 Å². The highest BCUT2D eigenvalue weighted by Crippen LogP contribution is 2.18. The molecule has 0 aromatic carbocycles. The Hall–Kier alpha value is -0.820. The minimum Gasteiger partial charge on any atom is -0.449 e. The maximum absolute atomic E-state index is 11.6. The minimum atomic E-state index is -3.41. The van der Waals surface area contributed by atoms with Crippen molar-refractivity contribution in [2.75, 3.05) is 32.6 Å². The van der Waals surface area contributed by atoms with E-state index < -0.39 is 10.1 Å². The summed E-state index contributed by atoms with van der Waals surface area (Å²) in [4.78, 5) is 13.3. The summed E-state index contributed by atoms with van der Waals surface area (Å²) in [5, 5.41) is 0. The monoisotopic (exact) mass is 279 g/mol. The van der Waals surface area contributed by atoms with Crippen molar-refractivity contribution in [2.45, 2.75) is 26.2 Å². The van der Waals surface area contributed by atoms with Gasteiger partial charge in [0, 0.05) is 19.0 Å². The van der Waals surface area contributed by atoms with Gasteiger partial charge in [-0.2, -0.15) is 8.42 Å². The van der Waals surface area contributed by atoms with Gasteiger partial charge in [-0.1, -0.05) is 6.92 Å². The Morgan fingerprint density at radius 2 is 2.17 bits per heavy atom. The van der Waals surface area contributed by atoms with Crippen molar-refractivity contribution in [1.82, 2.24) is 4.90 Å². The summed E-state index contributed by atoms with van der Waals surface area (Å²) in [6, 6.07) is 0. The molecule has 18 heavy (non-hydrogen) atoms. The summed E-state index contributed by atoms with van der Waals surface area (Å²) in [5.74, 6) is 0.0580. The van der Waals surface area contributed by atoms with Gasteiger partial charge in [-0.15, -0.1) is 0 Å². The van der Waals surface area contributed by atoms with Crippen LogP contribution in [0.5, 0.6) is 0 Å². The number of nitrogens with zero attached hydrogens (tertiary/aromatic N) is 1. The van der Waals surface area contributed by atoms with Crippen LogP contribution < -0.4 is 0 Å². The van der Waals surface area contributed by atoms with Gasteiger partial charge >= 0.3 is 6.09 Å². The summed E-state index contributed by atoms with van der Waals surface area (Å²) in [6.45, 7) is 3.65. The van der Waals surface area contributed by atoms with Crippen molar-refractivity contribution in [3.8, 4) is 0 Å². The summed E-state index contributed by atoms with van der Waals surface area (Å²) in [5.41, 5.74) is 0. The smallest absolute Gasteiger partial charge is 0.409 e. The zero-order valence-electron chi connectivity index (χ0n) is 10.9. The molecule has 1 aliphatic rings. The van der Waals surface area contributed by atoms with Crippen molar-refractivity contribution in [1.29, 1.82) is 0 Å². The van der Waals surface area contributed by atoms with E-state index in [1.54, 1.807) is 4.90 Å². The van der Waals surface area contributed by atoms with Gasteiger partial charge in [0.1, 0.15) is 0 Å². The molecular formula is C11H21NO5S. The second-order valence-corrected chi connectivity index (χ2v) is 6.20. The molecule has 7 heteroatoms. The number of hydrogen-bond donors (Lipinski definition) is 0. The molecule has 1 unspecified atom stereocenters. The summed E-state index contributed by atoms with van der Waals surface area (Å²) in [6.07, 6.45) is 3.22. The van der Waals surface area contributed by atoms with Gasteiger partial charge in [-0.3, -0.25) is 4.18 Å². The van der Waals surface area contributed by atoms with Gasteiger partial charge < -0.3 is 9.64 Å². The average Bonchev–Trinajstić information content (AvgIpc) is 2.33. The van der Waals surface area contributed by atoms with E-state index in [1.807, 2.05) is 6.92 Å². The molecule has 1 rings (SSSR count). The predicted octanol–water partition coefficient (Wildman–Crippen LogP) is 1.22. The topological polar surface area (TPSA) is 72.9 Å². The standard InChI is InChI=1S/C11H21NO5S/c1-3-7-16-11(13)12-6-4-5-10(8-12)9-17-18(2,14)15/h10H,3-9H2,1-2H3. The molecule has 0 bridgehead atoms. The second-order valence-electron chi connectivity index (χ2n) is 4.56. The van der Waals surface area contributed by atoms with Gasteiger partial charge in [0.15, 0.2) is 0 Å². The van der Waals surface area contributed by atoms with E-state index in [4.69, 9.17) is 8.92 Å². The summed E-state index contributed by atoms with van der Waals surface area (Å²) >= 11 is 0. The first-order chi connectivity index (χ1) is 8.42. The Balaban J connectivity index is 2.38. The molecule has 1 fully saturated rings. The molecule has 0 aromatic heterocycles. The molecule has 1 atom stereocenters. The Morgan fingerprint density at radius 3 is 2.78 bits per heavy atom. The fraction of sp³-hybridized carbons (Fsp3) is 0.909. The van der Waals surface area contributed by atoms with E-state index in [0.717, 1.165) is 25.5 Å². The molecule has 0 N–H and O–H groups in total. The van der Waals surface area contributed by atoms with Crippen LogP contribution in [0, 0.1) is 5.92 Å². The van der Waals surface area contributed by atoms with Crippen molar-refractivity contribution in [3.05, 3.63) is 0 Å². The van der Waals surface area contributed by atoms with Gasteiger partial charge in [-0.25, -0.2) is 4.79 Å². The van der Waals surface area contributed by atoms with Gasteiger partial charge in [0.25, 0.3) is 10.1 Å². The molecule has 1 heterocycles. The number of ether oxygens (including phenoxy) is 1. The fourth-order valence-corrected chi connectivity index (χ4v) is 2.31. The Kier molecular flexibility index (Phi) is 5.87.